The van der Waals surface area contributed by atoms with Crippen LogP contribution >= 0.6 is 15.9 Å². The Kier molecular flexibility index (Phi) is 4.36. The van der Waals surface area contributed by atoms with Crippen molar-refractivity contribution >= 4 is 21.8 Å². The molecule has 1 amide bonds. The zero-order valence-corrected chi connectivity index (χ0v) is 14.1. The van der Waals surface area contributed by atoms with Gasteiger partial charge in [0.05, 0.1) is 0 Å². The number of carbonyl (C=O) groups excluding carboxylic acids is 1. The SMILES string of the molecule is CC(Cc1ccc(Br)cc1)NC(=O)C1CC12CCNCC2. The highest BCUT2D eigenvalue weighted by Gasteiger charge is 2.57. The predicted octanol–water partition coefficient (Wildman–Crippen LogP) is 2.89. The summed E-state index contributed by atoms with van der Waals surface area (Å²) in [5.74, 6) is 0.522. The Labute approximate surface area is 135 Å². The van der Waals surface area contributed by atoms with Crippen LogP contribution < -0.4 is 10.6 Å². The Morgan fingerprint density at radius 2 is 2.05 bits per heavy atom. The monoisotopic (exact) mass is 350 g/mol. The van der Waals surface area contributed by atoms with Crippen LogP contribution in [0.25, 0.3) is 0 Å². The molecule has 1 aromatic rings. The number of nitrogens with one attached hydrogen (secondary N) is 2. The highest BCUT2D eigenvalue weighted by atomic mass is 79.9. The number of hydrogen-bond acceptors (Lipinski definition) is 2. The standard InChI is InChI=1S/C17H23BrN2O/c1-12(10-13-2-4-14(18)5-3-13)20-16(21)15-11-17(15)6-8-19-9-7-17/h2-5,12,15,19H,6-11H2,1H3,(H,20,21). The van der Waals surface area contributed by atoms with Gasteiger partial charge < -0.3 is 10.6 Å². The Bertz CT molecular complexity index is 508. The van der Waals surface area contributed by atoms with Gasteiger partial charge in [0.15, 0.2) is 0 Å². The van der Waals surface area contributed by atoms with Crippen molar-refractivity contribution < 1.29 is 4.79 Å². The number of rotatable bonds is 4. The smallest absolute Gasteiger partial charge is 0.223 e. The van der Waals surface area contributed by atoms with Crippen LogP contribution in [-0.2, 0) is 11.2 Å². The molecule has 1 spiro atoms. The van der Waals surface area contributed by atoms with Crippen molar-refractivity contribution in [3.05, 3.63) is 34.3 Å². The summed E-state index contributed by atoms with van der Waals surface area (Å²) in [6, 6.07) is 8.51. The van der Waals surface area contributed by atoms with Gasteiger partial charge in [0.25, 0.3) is 0 Å². The number of piperidine rings is 1. The normalized spacial score (nSPS) is 24.6. The van der Waals surface area contributed by atoms with E-state index in [0.29, 0.717) is 5.41 Å². The number of hydrogen-bond donors (Lipinski definition) is 2. The Balaban J connectivity index is 1.50. The second-order valence-corrected chi connectivity index (χ2v) is 7.52. The van der Waals surface area contributed by atoms with E-state index in [1.54, 1.807) is 0 Å². The molecule has 1 aliphatic heterocycles. The third-order valence-electron chi connectivity index (χ3n) is 4.95. The number of amides is 1. The predicted molar refractivity (Wildman–Crippen MR) is 88.1 cm³/mol. The average molecular weight is 351 g/mol. The lowest BCUT2D eigenvalue weighted by molar-refractivity contribution is -0.123. The molecule has 3 rings (SSSR count). The Morgan fingerprint density at radius 1 is 1.38 bits per heavy atom. The third-order valence-corrected chi connectivity index (χ3v) is 5.48. The lowest BCUT2D eigenvalue weighted by Crippen LogP contribution is -2.38. The third kappa shape index (κ3) is 3.49. The first kappa shape index (κ1) is 15.0. The summed E-state index contributed by atoms with van der Waals surface area (Å²) in [6.07, 6.45) is 4.30. The van der Waals surface area contributed by atoms with Crippen LogP contribution in [0.3, 0.4) is 0 Å². The highest BCUT2D eigenvalue weighted by Crippen LogP contribution is 2.58. The molecule has 2 unspecified atom stereocenters. The van der Waals surface area contributed by atoms with Gasteiger partial charge >= 0.3 is 0 Å². The van der Waals surface area contributed by atoms with E-state index in [4.69, 9.17) is 0 Å². The molecule has 3 nitrogen and oxygen atoms in total. The molecule has 1 saturated heterocycles. The quantitative estimate of drug-likeness (QED) is 0.876. The van der Waals surface area contributed by atoms with Gasteiger partial charge in [0, 0.05) is 16.4 Å². The van der Waals surface area contributed by atoms with E-state index < -0.39 is 0 Å². The van der Waals surface area contributed by atoms with E-state index in [2.05, 4.69) is 57.8 Å². The highest BCUT2D eigenvalue weighted by molar-refractivity contribution is 9.10. The van der Waals surface area contributed by atoms with Crippen molar-refractivity contribution in [3.63, 3.8) is 0 Å². The first-order valence-corrected chi connectivity index (χ1v) is 8.64. The van der Waals surface area contributed by atoms with Gasteiger partial charge in [0.2, 0.25) is 5.91 Å². The van der Waals surface area contributed by atoms with Crippen LogP contribution in [0.15, 0.2) is 28.7 Å². The molecule has 1 saturated carbocycles. The fourth-order valence-corrected chi connectivity index (χ4v) is 3.83. The zero-order valence-electron chi connectivity index (χ0n) is 12.5. The minimum Gasteiger partial charge on any atom is -0.353 e. The van der Waals surface area contributed by atoms with E-state index in [1.165, 1.54) is 5.56 Å². The summed E-state index contributed by atoms with van der Waals surface area (Å²) >= 11 is 3.45. The fourth-order valence-electron chi connectivity index (χ4n) is 3.56. The molecule has 21 heavy (non-hydrogen) atoms. The lowest BCUT2D eigenvalue weighted by Gasteiger charge is -2.23. The van der Waals surface area contributed by atoms with Crippen molar-refractivity contribution in [2.75, 3.05) is 13.1 Å². The Hall–Kier alpha value is -0.870. The fraction of sp³-hybridized carbons (Fsp3) is 0.588. The molecule has 4 heteroatoms. The molecule has 2 N–H and O–H groups in total. The van der Waals surface area contributed by atoms with Gasteiger partial charge in [-0.05, 0) is 68.8 Å². The van der Waals surface area contributed by atoms with Crippen LogP contribution in [0.2, 0.25) is 0 Å². The van der Waals surface area contributed by atoms with E-state index in [1.807, 2.05) is 0 Å². The topological polar surface area (TPSA) is 41.1 Å². The molecule has 2 aliphatic rings. The van der Waals surface area contributed by atoms with E-state index in [-0.39, 0.29) is 17.9 Å². The van der Waals surface area contributed by atoms with E-state index in [0.717, 1.165) is 43.2 Å². The minimum absolute atomic E-state index is 0.193. The largest absolute Gasteiger partial charge is 0.353 e. The van der Waals surface area contributed by atoms with Gasteiger partial charge in [-0.1, -0.05) is 28.1 Å². The Morgan fingerprint density at radius 3 is 2.71 bits per heavy atom. The van der Waals surface area contributed by atoms with Crippen LogP contribution in [-0.4, -0.2) is 25.0 Å². The van der Waals surface area contributed by atoms with Crippen molar-refractivity contribution in [1.29, 1.82) is 0 Å². The molecular weight excluding hydrogens is 328 g/mol. The van der Waals surface area contributed by atoms with Gasteiger partial charge in [-0.15, -0.1) is 0 Å². The van der Waals surface area contributed by atoms with Gasteiger partial charge in [-0.3, -0.25) is 4.79 Å². The van der Waals surface area contributed by atoms with E-state index >= 15 is 0 Å². The molecule has 1 heterocycles. The maximum Gasteiger partial charge on any atom is 0.223 e. The molecular formula is C17H23BrN2O. The van der Waals surface area contributed by atoms with Crippen LogP contribution in [0.5, 0.6) is 0 Å². The summed E-state index contributed by atoms with van der Waals surface area (Å²) in [5.41, 5.74) is 1.59. The average Bonchev–Trinajstić information content (AvgIpc) is 3.16. The maximum atomic E-state index is 12.4. The second-order valence-electron chi connectivity index (χ2n) is 6.61. The van der Waals surface area contributed by atoms with Crippen molar-refractivity contribution in [2.45, 2.75) is 38.6 Å². The van der Waals surface area contributed by atoms with Crippen LogP contribution in [0.4, 0.5) is 0 Å². The van der Waals surface area contributed by atoms with Gasteiger partial charge in [-0.25, -0.2) is 0 Å². The molecule has 1 aliphatic carbocycles. The van der Waals surface area contributed by atoms with Crippen LogP contribution in [0.1, 0.15) is 31.7 Å². The first-order valence-electron chi connectivity index (χ1n) is 7.85. The summed E-state index contributed by atoms with van der Waals surface area (Å²) in [4.78, 5) is 12.4. The number of carbonyl (C=O) groups is 1. The van der Waals surface area contributed by atoms with Gasteiger partial charge in [-0.2, -0.15) is 0 Å². The number of halogens is 1. The van der Waals surface area contributed by atoms with Crippen molar-refractivity contribution in [1.82, 2.24) is 10.6 Å². The first-order chi connectivity index (χ1) is 10.1. The zero-order chi connectivity index (χ0) is 14.9. The van der Waals surface area contributed by atoms with Gasteiger partial charge in [0.1, 0.15) is 0 Å². The molecule has 2 fully saturated rings. The molecule has 0 aromatic heterocycles. The minimum atomic E-state index is 0.193. The molecule has 0 radical (unpaired) electrons. The summed E-state index contributed by atoms with van der Waals surface area (Å²) in [7, 11) is 0. The second kappa shape index (κ2) is 6.09. The van der Waals surface area contributed by atoms with Crippen molar-refractivity contribution in [2.24, 2.45) is 11.3 Å². The molecule has 1 aromatic carbocycles. The summed E-state index contributed by atoms with van der Waals surface area (Å²) < 4.78 is 1.09. The molecule has 2 atom stereocenters. The van der Waals surface area contributed by atoms with Crippen LogP contribution in [0, 0.1) is 11.3 Å². The number of benzene rings is 1. The lowest BCUT2D eigenvalue weighted by atomic mass is 9.91. The summed E-state index contributed by atoms with van der Waals surface area (Å²) in [6.45, 7) is 4.23. The molecule has 114 valence electrons. The maximum absolute atomic E-state index is 12.4. The van der Waals surface area contributed by atoms with E-state index in [9.17, 15) is 4.79 Å². The summed E-state index contributed by atoms with van der Waals surface area (Å²) in [5, 5.41) is 6.59. The van der Waals surface area contributed by atoms with Crippen molar-refractivity contribution in [3.8, 4) is 0 Å². The molecule has 0 bridgehead atoms.